The highest BCUT2D eigenvalue weighted by Gasteiger charge is 2.29. The minimum Gasteiger partial charge on any atom is -0.313 e. The Bertz CT molecular complexity index is 522. The summed E-state index contributed by atoms with van der Waals surface area (Å²) in [7, 11) is -3.35. The molecule has 1 aromatic carbocycles. The minimum absolute atomic E-state index is 0.145. The Labute approximate surface area is 109 Å². The van der Waals surface area contributed by atoms with Crippen LogP contribution in [0.3, 0.4) is 0 Å². The van der Waals surface area contributed by atoms with Crippen LogP contribution in [0.15, 0.2) is 23.1 Å². The van der Waals surface area contributed by atoms with Crippen LogP contribution < -0.4 is 10.0 Å². The SMILES string of the molecule is CCNCc1cccc(S(=O)(=O)NC2CC2)c1C. The second-order valence-electron chi connectivity index (χ2n) is 4.72. The van der Waals surface area contributed by atoms with Crippen LogP contribution in [0.5, 0.6) is 0 Å². The average molecular weight is 268 g/mol. The summed E-state index contributed by atoms with van der Waals surface area (Å²) in [6.45, 7) is 5.48. The van der Waals surface area contributed by atoms with Crippen molar-refractivity contribution in [2.24, 2.45) is 0 Å². The zero-order valence-corrected chi connectivity index (χ0v) is 11.7. The van der Waals surface area contributed by atoms with Crippen molar-refractivity contribution < 1.29 is 8.42 Å². The van der Waals surface area contributed by atoms with Gasteiger partial charge in [-0.3, -0.25) is 0 Å². The lowest BCUT2D eigenvalue weighted by Crippen LogP contribution is -2.27. The summed E-state index contributed by atoms with van der Waals surface area (Å²) in [6, 6.07) is 5.59. The summed E-state index contributed by atoms with van der Waals surface area (Å²) >= 11 is 0. The van der Waals surface area contributed by atoms with E-state index in [1.807, 2.05) is 19.9 Å². The number of benzene rings is 1. The molecule has 0 unspecified atom stereocenters. The van der Waals surface area contributed by atoms with E-state index in [1.165, 1.54) is 0 Å². The van der Waals surface area contributed by atoms with E-state index in [-0.39, 0.29) is 6.04 Å². The van der Waals surface area contributed by atoms with E-state index in [1.54, 1.807) is 12.1 Å². The zero-order valence-electron chi connectivity index (χ0n) is 10.9. The molecule has 0 aromatic heterocycles. The maximum Gasteiger partial charge on any atom is 0.241 e. The van der Waals surface area contributed by atoms with Crippen molar-refractivity contribution in [3.8, 4) is 0 Å². The van der Waals surface area contributed by atoms with Crippen molar-refractivity contribution in [2.75, 3.05) is 6.54 Å². The predicted octanol–water partition coefficient (Wildman–Crippen LogP) is 1.55. The second kappa shape index (κ2) is 5.38. The molecule has 1 aliphatic rings. The molecule has 100 valence electrons. The van der Waals surface area contributed by atoms with Gasteiger partial charge in [-0.2, -0.15) is 0 Å². The molecule has 0 amide bonds. The average Bonchev–Trinajstić information content (AvgIpc) is 3.10. The second-order valence-corrected chi connectivity index (χ2v) is 6.40. The molecule has 0 bridgehead atoms. The van der Waals surface area contributed by atoms with Gasteiger partial charge in [0.05, 0.1) is 4.90 Å². The Morgan fingerprint density at radius 2 is 2.06 bits per heavy atom. The molecule has 0 aliphatic heterocycles. The Balaban J connectivity index is 2.26. The Morgan fingerprint density at radius 1 is 1.33 bits per heavy atom. The topological polar surface area (TPSA) is 58.2 Å². The maximum atomic E-state index is 12.2. The summed E-state index contributed by atoms with van der Waals surface area (Å²) in [5, 5.41) is 3.22. The van der Waals surface area contributed by atoms with Crippen LogP contribution in [0, 0.1) is 6.92 Å². The molecule has 0 atom stereocenters. The molecule has 0 radical (unpaired) electrons. The Hall–Kier alpha value is -0.910. The van der Waals surface area contributed by atoms with Crippen LogP contribution in [0.25, 0.3) is 0 Å². The van der Waals surface area contributed by atoms with Gasteiger partial charge >= 0.3 is 0 Å². The van der Waals surface area contributed by atoms with E-state index in [4.69, 9.17) is 0 Å². The molecule has 0 heterocycles. The first-order chi connectivity index (χ1) is 8.54. The van der Waals surface area contributed by atoms with Gasteiger partial charge in [-0.1, -0.05) is 19.1 Å². The van der Waals surface area contributed by atoms with Crippen molar-refractivity contribution in [1.82, 2.24) is 10.0 Å². The highest BCUT2D eigenvalue weighted by atomic mass is 32.2. The smallest absolute Gasteiger partial charge is 0.241 e. The fourth-order valence-corrected chi connectivity index (χ4v) is 3.48. The number of hydrogen-bond acceptors (Lipinski definition) is 3. The molecule has 2 N–H and O–H groups in total. The summed E-state index contributed by atoms with van der Waals surface area (Å²) in [5.41, 5.74) is 1.88. The first kappa shape index (κ1) is 13.5. The third-order valence-corrected chi connectivity index (χ3v) is 4.82. The molecular formula is C13H20N2O2S. The van der Waals surface area contributed by atoms with E-state index >= 15 is 0 Å². The maximum absolute atomic E-state index is 12.2. The molecule has 4 nitrogen and oxygen atoms in total. The molecular weight excluding hydrogens is 248 g/mol. The third-order valence-electron chi connectivity index (χ3n) is 3.15. The van der Waals surface area contributed by atoms with Crippen LogP contribution in [0.1, 0.15) is 30.9 Å². The van der Waals surface area contributed by atoms with Gasteiger partial charge in [-0.05, 0) is 43.5 Å². The summed E-state index contributed by atoms with van der Waals surface area (Å²) in [5.74, 6) is 0. The van der Waals surface area contributed by atoms with Gasteiger partial charge in [0.15, 0.2) is 0 Å². The Kier molecular flexibility index (Phi) is 4.04. The molecule has 1 aromatic rings. The number of hydrogen-bond donors (Lipinski definition) is 2. The normalized spacial score (nSPS) is 15.9. The summed E-state index contributed by atoms with van der Waals surface area (Å²) in [4.78, 5) is 0.407. The summed E-state index contributed by atoms with van der Waals surface area (Å²) < 4.78 is 27.1. The van der Waals surface area contributed by atoms with Crippen LogP contribution in [-0.2, 0) is 16.6 Å². The quantitative estimate of drug-likeness (QED) is 0.823. The zero-order chi connectivity index (χ0) is 13.2. The summed E-state index contributed by atoms with van der Waals surface area (Å²) in [6.07, 6.45) is 1.91. The highest BCUT2D eigenvalue weighted by molar-refractivity contribution is 7.89. The first-order valence-corrected chi connectivity index (χ1v) is 7.84. The largest absolute Gasteiger partial charge is 0.313 e. The predicted molar refractivity (Wildman–Crippen MR) is 71.9 cm³/mol. The highest BCUT2D eigenvalue weighted by Crippen LogP contribution is 2.24. The van der Waals surface area contributed by atoms with Gasteiger partial charge in [-0.15, -0.1) is 0 Å². The van der Waals surface area contributed by atoms with Crippen molar-refractivity contribution in [1.29, 1.82) is 0 Å². The molecule has 2 rings (SSSR count). The van der Waals surface area contributed by atoms with Crippen molar-refractivity contribution in [3.63, 3.8) is 0 Å². The van der Waals surface area contributed by atoms with E-state index in [2.05, 4.69) is 10.0 Å². The number of sulfonamides is 1. The van der Waals surface area contributed by atoms with Gasteiger partial charge < -0.3 is 5.32 Å². The minimum atomic E-state index is -3.35. The fourth-order valence-electron chi connectivity index (χ4n) is 1.89. The van der Waals surface area contributed by atoms with Gasteiger partial charge in [0.25, 0.3) is 0 Å². The Morgan fingerprint density at radius 3 is 2.67 bits per heavy atom. The van der Waals surface area contributed by atoms with E-state index < -0.39 is 10.0 Å². The lowest BCUT2D eigenvalue weighted by atomic mass is 10.1. The molecule has 0 saturated heterocycles. The van der Waals surface area contributed by atoms with Crippen LogP contribution in [0.2, 0.25) is 0 Å². The fraction of sp³-hybridized carbons (Fsp3) is 0.538. The monoisotopic (exact) mass is 268 g/mol. The lowest BCUT2D eigenvalue weighted by Gasteiger charge is -2.12. The lowest BCUT2D eigenvalue weighted by molar-refractivity contribution is 0.580. The van der Waals surface area contributed by atoms with E-state index in [0.29, 0.717) is 11.4 Å². The van der Waals surface area contributed by atoms with Gasteiger partial charge in [0.1, 0.15) is 0 Å². The molecule has 0 spiro atoms. The van der Waals surface area contributed by atoms with Crippen molar-refractivity contribution >= 4 is 10.0 Å². The van der Waals surface area contributed by atoms with Gasteiger partial charge in [0.2, 0.25) is 10.0 Å². The number of nitrogens with one attached hydrogen (secondary N) is 2. The van der Waals surface area contributed by atoms with E-state index in [0.717, 1.165) is 30.5 Å². The standard InChI is InChI=1S/C13H20N2O2S/c1-3-14-9-11-5-4-6-13(10(11)2)18(16,17)15-12-7-8-12/h4-6,12,14-15H,3,7-9H2,1-2H3. The van der Waals surface area contributed by atoms with Gasteiger partial charge in [0, 0.05) is 12.6 Å². The molecule has 5 heteroatoms. The van der Waals surface area contributed by atoms with Crippen LogP contribution in [-0.4, -0.2) is 21.0 Å². The molecule has 1 saturated carbocycles. The van der Waals surface area contributed by atoms with E-state index in [9.17, 15) is 8.42 Å². The van der Waals surface area contributed by atoms with Crippen molar-refractivity contribution in [2.45, 2.75) is 44.2 Å². The van der Waals surface area contributed by atoms with Crippen LogP contribution in [0.4, 0.5) is 0 Å². The molecule has 18 heavy (non-hydrogen) atoms. The van der Waals surface area contributed by atoms with Gasteiger partial charge in [-0.25, -0.2) is 13.1 Å². The van der Waals surface area contributed by atoms with Crippen LogP contribution >= 0.6 is 0 Å². The van der Waals surface area contributed by atoms with Crippen molar-refractivity contribution in [3.05, 3.63) is 29.3 Å². The third kappa shape index (κ3) is 3.10. The molecule has 1 aliphatic carbocycles. The number of rotatable bonds is 6. The molecule has 1 fully saturated rings. The first-order valence-electron chi connectivity index (χ1n) is 6.36.